The van der Waals surface area contributed by atoms with Gasteiger partial charge in [-0.25, -0.2) is 0 Å². The van der Waals surface area contributed by atoms with Gasteiger partial charge in [0.15, 0.2) is 0 Å². The molecular weight excluding hydrogens is 487 g/mol. The van der Waals surface area contributed by atoms with Gasteiger partial charge in [-0.1, -0.05) is 127 Å². The minimum Gasteiger partial charge on any atom is -0.392 e. The maximum absolute atomic E-state index is 9.21. The van der Waals surface area contributed by atoms with Crippen molar-refractivity contribution < 1.29 is 9.90 Å². The van der Waals surface area contributed by atoms with Crippen LogP contribution in [-0.2, 0) is 30.1 Å². The molecule has 0 bridgehead atoms. The Bertz CT molecular complexity index is 678. The molecule has 0 spiro atoms. The highest BCUT2D eigenvalue weighted by Gasteiger charge is 1.96. The first-order valence-corrected chi connectivity index (χ1v) is 14.9. The van der Waals surface area contributed by atoms with Gasteiger partial charge in [-0.3, -0.25) is 4.79 Å². The second-order valence-corrected chi connectivity index (χ2v) is 10.2. The number of unbranched alkanes of at least 4 members (excludes halogenated alkanes) is 10. The fourth-order valence-electron chi connectivity index (χ4n) is 3.83. The average molecular weight is 538 g/mol. The monoisotopic (exact) mass is 536 g/mol. The van der Waals surface area contributed by atoms with Crippen molar-refractivity contribution in [3.8, 4) is 0 Å². The second-order valence-electron chi connectivity index (χ2n) is 9.43. The highest BCUT2D eigenvalue weighted by Crippen LogP contribution is 2.13. The zero-order chi connectivity index (χ0) is 26.9. The lowest BCUT2D eigenvalue weighted by molar-refractivity contribution is -0.109. The number of rotatable bonds is 16. The summed E-state index contributed by atoms with van der Waals surface area (Å²) in [4.78, 5) is 9.21. The number of aryl methyl sites for hydroxylation is 2. The number of aliphatic hydroxyl groups excluding tert-OH is 1. The molecule has 4 heteroatoms. The Morgan fingerprint density at radius 2 is 0.917 bits per heavy atom. The molecule has 0 heterocycles. The van der Waals surface area contributed by atoms with E-state index in [0.717, 1.165) is 5.56 Å². The standard InChI is InChI=1S/C15H23Cl.C15H24O.C2H3ClO/c2*1-2-3-4-5-6-7-8-14-9-11-15(13-16)12-10-14;1-2(3)4/h9-12H,2-8,13H2,1H3;9-12,16H,2-8,13H2,1H3;1H3. The number of carbonyl (C=O) groups excluding carboxylic acids is 1. The number of aliphatic hydroxyl groups is 1. The van der Waals surface area contributed by atoms with Gasteiger partial charge in [0, 0.05) is 12.8 Å². The lowest BCUT2D eigenvalue weighted by atomic mass is 10.0. The molecule has 2 aromatic carbocycles. The van der Waals surface area contributed by atoms with Crippen LogP contribution in [0.1, 0.15) is 120 Å². The summed E-state index contributed by atoms with van der Waals surface area (Å²) in [6.45, 7) is 5.96. The fraction of sp³-hybridized carbons (Fsp3) is 0.594. The molecule has 2 aromatic rings. The first-order chi connectivity index (χ1) is 17.5. The highest BCUT2D eigenvalue weighted by molar-refractivity contribution is 6.62. The van der Waals surface area contributed by atoms with Gasteiger partial charge in [-0.05, 0) is 59.5 Å². The van der Waals surface area contributed by atoms with Gasteiger partial charge in [0.05, 0.1) is 6.61 Å². The van der Waals surface area contributed by atoms with Crippen LogP contribution in [0.4, 0.5) is 0 Å². The van der Waals surface area contributed by atoms with Crippen LogP contribution in [-0.4, -0.2) is 10.3 Å². The Kier molecular flexibility index (Phi) is 24.4. The first kappa shape index (κ1) is 34.6. The summed E-state index contributed by atoms with van der Waals surface area (Å²) in [5, 5.41) is 8.56. The van der Waals surface area contributed by atoms with Crippen LogP contribution in [0.2, 0.25) is 0 Å². The smallest absolute Gasteiger partial charge is 0.218 e. The van der Waals surface area contributed by atoms with Gasteiger partial charge in [0.2, 0.25) is 5.24 Å². The van der Waals surface area contributed by atoms with Crippen molar-refractivity contribution in [1.29, 1.82) is 0 Å². The third-order valence-electron chi connectivity index (χ3n) is 6.02. The molecule has 0 aliphatic carbocycles. The molecule has 1 N–H and O–H groups in total. The largest absolute Gasteiger partial charge is 0.392 e. The van der Waals surface area contributed by atoms with E-state index in [-0.39, 0.29) is 11.8 Å². The Morgan fingerprint density at radius 1 is 0.611 bits per heavy atom. The van der Waals surface area contributed by atoms with Crippen LogP contribution >= 0.6 is 23.2 Å². The minimum atomic E-state index is -0.361. The fourth-order valence-corrected chi connectivity index (χ4v) is 4.00. The van der Waals surface area contributed by atoms with E-state index in [1.165, 1.54) is 114 Å². The lowest BCUT2D eigenvalue weighted by Gasteiger charge is -2.03. The molecule has 0 amide bonds. The second kappa shape index (κ2) is 25.3. The summed E-state index contributed by atoms with van der Waals surface area (Å²) in [6, 6.07) is 17.0. The lowest BCUT2D eigenvalue weighted by Crippen LogP contribution is -1.88. The van der Waals surface area contributed by atoms with Crippen molar-refractivity contribution in [3.63, 3.8) is 0 Å². The molecule has 0 aliphatic rings. The molecule has 204 valence electrons. The molecule has 0 unspecified atom stereocenters. The molecule has 0 atom stereocenters. The molecule has 0 aromatic heterocycles. The number of hydrogen-bond donors (Lipinski definition) is 1. The van der Waals surface area contributed by atoms with Gasteiger partial charge in [-0.2, -0.15) is 0 Å². The number of halogens is 2. The molecule has 0 aliphatic heterocycles. The van der Waals surface area contributed by atoms with Gasteiger partial charge < -0.3 is 5.11 Å². The summed E-state index contributed by atoms with van der Waals surface area (Å²) in [5.74, 6) is 0.622. The summed E-state index contributed by atoms with van der Waals surface area (Å²) < 4.78 is 0. The SMILES string of the molecule is CC(=O)Cl.CCCCCCCCc1ccc(CCl)cc1.CCCCCCCCc1ccc(CO)cc1. The van der Waals surface area contributed by atoms with E-state index >= 15 is 0 Å². The molecule has 2 nitrogen and oxygen atoms in total. The van der Waals surface area contributed by atoms with Gasteiger partial charge in [0.25, 0.3) is 0 Å². The van der Waals surface area contributed by atoms with Gasteiger partial charge >= 0.3 is 0 Å². The molecule has 2 rings (SSSR count). The van der Waals surface area contributed by atoms with Crippen LogP contribution in [0.3, 0.4) is 0 Å². The van der Waals surface area contributed by atoms with Gasteiger partial charge in [0.1, 0.15) is 0 Å². The average Bonchev–Trinajstić information content (AvgIpc) is 2.89. The Morgan fingerprint density at radius 3 is 1.25 bits per heavy atom. The number of alkyl halides is 1. The molecule has 0 radical (unpaired) electrons. The Balaban J connectivity index is 0.000000593. The molecule has 0 saturated heterocycles. The maximum atomic E-state index is 9.21. The number of benzene rings is 2. The Hall–Kier alpha value is -1.35. The van der Waals surface area contributed by atoms with Crippen LogP contribution in [0.15, 0.2) is 48.5 Å². The topological polar surface area (TPSA) is 37.3 Å². The normalized spacial score (nSPS) is 10.2. The molecule has 0 fully saturated rings. The van der Waals surface area contributed by atoms with Crippen molar-refractivity contribution in [1.82, 2.24) is 0 Å². The van der Waals surface area contributed by atoms with Crippen LogP contribution in [0.5, 0.6) is 0 Å². The van der Waals surface area contributed by atoms with Crippen molar-refractivity contribution in [2.45, 2.75) is 123 Å². The van der Waals surface area contributed by atoms with Crippen molar-refractivity contribution in [2.24, 2.45) is 0 Å². The maximum Gasteiger partial charge on any atom is 0.218 e. The number of carbonyl (C=O) groups is 1. The first-order valence-electron chi connectivity index (χ1n) is 13.9. The zero-order valence-corrected chi connectivity index (χ0v) is 24.6. The van der Waals surface area contributed by atoms with E-state index in [1.54, 1.807) is 0 Å². The Labute approximate surface area is 231 Å². The molecular formula is C32H50Cl2O2. The predicted molar refractivity (Wildman–Crippen MR) is 159 cm³/mol. The summed E-state index contributed by atoms with van der Waals surface area (Å²) >= 11 is 10.4. The molecule has 0 saturated carbocycles. The third-order valence-corrected chi connectivity index (χ3v) is 6.33. The van der Waals surface area contributed by atoms with E-state index < -0.39 is 0 Å². The van der Waals surface area contributed by atoms with Crippen molar-refractivity contribution in [3.05, 3.63) is 70.8 Å². The number of hydrogen-bond acceptors (Lipinski definition) is 2. The quantitative estimate of drug-likeness (QED) is 0.131. The third kappa shape index (κ3) is 21.9. The van der Waals surface area contributed by atoms with E-state index in [9.17, 15) is 4.79 Å². The predicted octanol–water partition coefficient (Wildman–Crippen LogP) is 10.2. The summed E-state index contributed by atoms with van der Waals surface area (Å²) in [5.41, 5.74) is 5.07. The van der Waals surface area contributed by atoms with E-state index in [4.69, 9.17) is 16.7 Å². The van der Waals surface area contributed by atoms with E-state index in [2.05, 4.69) is 61.8 Å². The molecule has 36 heavy (non-hydrogen) atoms. The van der Waals surface area contributed by atoms with Gasteiger partial charge in [-0.15, -0.1) is 11.6 Å². The zero-order valence-electron chi connectivity index (χ0n) is 23.0. The summed E-state index contributed by atoms with van der Waals surface area (Å²) in [7, 11) is 0. The van der Waals surface area contributed by atoms with Crippen LogP contribution < -0.4 is 0 Å². The van der Waals surface area contributed by atoms with E-state index in [0.29, 0.717) is 5.88 Å². The summed E-state index contributed by atoms with van der Waals surface area (Å²) in [6.07, 6.45) is 18.7. The minimum absolute atomic E-state index is 0.150. The van der Waals surface area contributed by atoms with Crippen LogP contribution in [0, 0.1) is 0 Å². The highest BCUT2D eigenvalue weighted by atomic mass is 35.5. The van der Waals surface area contributed by atoms with Crippen molar-refractivity contribution in [2.75, 3.05) is 0 Å². The van der Waals surface area contributed by atoms with Crippen molar-refractivity contribution >= 4 is 28.4 Å². The van der Waals surface area contributed by atoms with E-state index in [1.807, 2.05) is 12.1 Å². The van der Waals surface area contributed by atoms with Crippen LogP contribution in [0.25, 0.3) is 0 Å².